The average Bonchev–Trinajstić information content (AvgIpc) is 2.64. The van der Waals surface area contributed by atoms with Gasteiger partial charge in [-0.05, 0) is 63.2 Å². The molecule has 6 heteroatoms. The van der Waals surface area contributed by atoms with E-state index in [1.54, 1.807) is 0 Å². The van der Waals surface area contributed by atoms with Gasteiger partial charge in [-0.25, -0.2) is 0 Å². The van der Waals surface area contributed by atoms with Gasteiger partial charge in [0.05, 0.1) is 0 Å². The van der Waals surface area contributed by atoms with Crippen molar-refractivity contribution >= 4 is 0 Å². The third kappa shape index (κ3) is 4.54. The van der Waals surface area contributed by atoms with E-state index in [1.807, 2.05) is 0 Å². The Morgan fingerprint density at radius 2 is 1.19 bits per heavy atom. The highest BCUT2D eigenvalue weighted by molar-refractivity contribution is 4.98. The normalized spacial score (nSPS) is 31.4. The summed E-state index contributed by atoms with van der Waals surface area (Å²) in [7, 11) is 0. The van der Waals surface area contributed by atoms with Crippen molar-refractivity contribution < 1.29 is 27.8 Å². The highest BCUT2D eigenvalue weighted by Crippen LogP contribution is 2.53. The van der Waals surface area contributed by atoms with Gasteiger partial charge in [-0.2, -0.15) is 17.6 Å². The van der Waals surface area contributed by atoms with Crippen LogP contribution in [-0.4, -0.2) is 35.3 Å². The number of alkyl halides is 4. The number of hydrogen-bond acceptors (Lipinski definition) is 2. The molecule has 2 rings (SSSR count). The second kappa shape index (κ2) is 9.22. The first kappa shape index (κ1) is 21.9. The summed E-state index contributed by atoms with van der Waals surface area (Å²) in [6, 6.07) is 0. The van der Waals surface area contributed by atoms with Gasteiger partial charge in [-0.3, -0.25) is 0 Å². The second-order valence-corrected chi connectivity index (χ2v) is 8.49. The summed E-state index contributed by atoms with van der Waals surface area (Å²) < 4.78 is 59.0. The van der Waals surface area contributed by atoms with Gasteiger partial charge in [0.2, 0.25) is 0 Å². The van der Waals surface area contributed by atoms with E-state index in [0.29, 0.717) is 31.6 Å². The van der Waals surface area contributed by atoms with Crippen LogP contribution in [0.3, 0.4) is 0 Å². The zero-order valence-electron chi connectivity index (χ0n) is 15.8. The Hall–Kier alpha value is -0.360. The van der Waals surface area contributed by atoms with Crippen LogP contribution in [0.2, 0.25) is 0 Å². The average molecular weight is 382 g/mol. The number of halogens is 4. The van der Waals surface area contributed by atoms with Gasteiger partial charge in [0.1, 0.15) is 0 Å². The molecule has 0 aromatic rings. The van der Waals surface area contributed by atoms with Crippen molar-refractivity contribution in [2.75, 3.05) is 13.2 Å². The molecule has 2 saturated carbocycles. The molecule has 0 spiro atoms. The molecule has 0 amide bonds. The molecule has 0 aromatic heterocycles. The summed E-state index contributed by atoms with van der Waals surface area (Å²) in [5, 5.41) is 18.5. The minimum atomic E-state index is -3.98. The Morgan fingerprint density at radius 1 is 0.769 bits per heavy atom. The van der Waals surface area contributed by atoms with E-state index in [9.17, 15) is 27.8 Å². The van der Waals surface area contributed by atoms with Crippen LogP contribution in [-0.2, 0) is 0 Å². The predicted octanol–water partition coefficient (Wildman–Crippen LogP) is 5.27. The van der Waals surface area contributed by atoms with Crippen LogP contribution in [0.25, 0.3) is 0 Å². The summed E-state index contributed by atoms with van der Waals surface area (Å²) >= 11 is 0. The van der Waals surface area contributed by atoms with Crippen molar-refractivity contribution in [2.45, 2.75) is 83.0 Å². The van der Waals surface area contributed by atoms with Crippen molar-refractivity contribution in [3.8, 4) is 0 Å². The number of aliphatic hydroxyl groups excluding tert-OH is 2. The Kier molecular flexibility index (Phi) is 7.78. The van der Waals surface area contributed by atoms with E-state index in [2.05, 4.69) is 6.92 Å². The largest absolute Gasteiger partial charge is 0.396 e. The van der Waals surface area contributed by atoms with E-state index in [-0.39, 0.29) is 50.7 Å². The Morgan fingerprint density at radius 3 is 1.58 bits per heavy atom. The van der Waals surface area contributed by atoms with Crippen molar-refractivity contribution in [3.05, 3.63) is 0 Å². The minimum absolute atomic E-state index is 0.0366. The molecule has 2 N–H and O–H groups in total. The predicted molar refractivity (Wildman–Crippen MR) is 93.4 cm³/mol. The minimum Gasteiger partial charge on any atom is -0.396 e. The van der Waals surface area contributed by atoms with Gasteiger partial charge in [0.15, 0.2) is 0 Å². The van der Waals surface area contributed by atoms with E-state index in [4.69, 9.17) is 0 Å². The zero-order valence-corrected chi connectivity index (χ0v) is 15.8. The molecule has 0 bridgehead atoms. The van der Waals surface area contributed by atoms with Gasteiger partial charge in [0.25, 0.3) is 0 Å². The highest BCUT2D eigenvalue weighted by atomic mass is 19.3. The molecule has 0 radical (unpaired) electrons. The molecular weight excluding hydrogens is 348 g/mol. The third-order valence-corrected chi connectivity index (χ3v) is 6.92. The highest BCUT2D eigenvalue weighted by Gasteiger charge is 2.64. The summed E-state index contributed by atoms with van der Waals surface area (Å²) in [6.07, 6.45) is 4.46. The van der Waals surface area contributed by atoms with Gasteiger partial charge < -0.3 is 10.2 Å². The van der Waals surface area contributed by atoms with Gasteiger partial charge in [0, 0.05) is 31.0 Å². The quantitative estimate of drug-likeness (QED) is 0.562. The van der Waals surface area contributed by atoms with Gasteiger partial charge in [-0.15, -0.1) is 0 Å². The lowest BCUT2D eigenvalue weighted by atomic mass is 9.70. The fourth-order valence-electron chi connectivity index (χ4n) is 5.08. The van der Waals surface area contributed by atoms with E-state index in [1.165, 1.54) is 0 Å². The van der Waals surface area contributed by atoms with Crippen LogP contribution in [0.4, 0.5) is 17.6 Å². The first-order valence-corrected chi connectivity index (χ1v) is 10.2. The SMILES string of the molecule is CCCC1CCC(C(F)(F)C(F)(F)C2CCC(C(CO)CO)CC2)CC1. The van der Waals surface area contributed by atoms with Crippen LogP contribution in [0, 0.1) is 29.6 Å². The molecule has 0 heterocycles. The van der Waals surface area contributed by atoms with Crippen LogP contribution in [0.5, 0.6) is 0 Å². The fraction of sp³-hybridized carbons (Fsp3) is 1.00. The van der Waals surface area contributed by atoms with E-state index in [0.717, 1.165) is 12.8 Å². The molecule has 0 aromatic carbocycles. The fourth-order valence-corrected chi connectivity index (χ4v) is 5.08. The zero-order chi connectivity index (χ0) is 19.4. The molecule has 0 atom stereocenters. The molecule has 0 unspecified atom stereocenters. The van der Waals surface area contributed by atoms with Crippen molar-refractivity contribution in [3.63, 3.8) is 0 Å². The Balaban J connectivity index is 1.96. The molecule has 0 saturated heterocycles. The van der Waals surface area contributed by atoms with Crippen LogP contribution < -0.4 is 0 Å². The molecule has 2 nitrogen and oxygen atoms in total. The standard InChI is InChI=1S/C20H34F4O2/c1-2-3-14-4-8-17(9-5-14)19(21,22)20(23,24)18-10-6-15(7-11-18)16(12-25)13-26/h14-18,25-26H,2-13H2,1H3. The second-order valence-electron chi connectivity index (χ2n) is 8.49. The Bertz CT molecular complexity index is 410. The van der Waals surface area contributed by atoms with E-state index < -0.39 is 23.7 Å². The maximum atomic E-state index is 14.8. The molecule has 26 heavy (non-hydrogen) atoms. The number of aliphatic hydroxyl groups is 2. The first-order valence-electron chi connectivity index (χ1n) is 10.2. The van der Waals surface area contributed by atoms with Crippen LogP contribution >= 0.6 is 0 Å². The summed E-state index contributed by atoms with van der Waals surface area (Å²) in [6.45, 7) is 1.67. The first-order chi connectivity index (χ1) is 12.3. The van der Waals surface area contributed by atoms with Crippen LogP contribution in [0.1, 0.15) is 71.1 Å². The topological polar surface area (TPSA) is 40.5 Å². The lowest BCUT2D eigenvalue weighted by Gasteiger charge is -2.43. The molecular formula is C20H34F4O2. The Labute approximate surface area is 154 Å². The van der Waals surface area contributed by atoms with Crippen molar-refractivity contribution in [2.24, 2.45) is 29.6 Å². The summed E-state index contributed by atoms with van der Waals surface area (Å²) in [5.74, 6) is -10.4. The lowest BCUT2D eigenvalue weighted by molar-refractivity contribution is -0.270. The number of rotatable bonds is 8. The monoisotopic (exact) mass is 382 g/mol. The van der Waals surface area contributed by atoms with E-state index >= 15 is 0 Å². The number of hydrogen-bond donors (Lipinski definition) is 2. The molecule has 2 aliphatic rings. The van der Waals surface area contributed by atoms with Crippen LogP contribution in [0.15, 0.2) is 0 Å². The summed E-state index contributed by atoms with van der Waals surface area (Å²) in [5.41, 5.74) is 0. The van der Waals surface area contributed by atoms with Crippen molar-refractivity contribution in [1.82, 2.24) is 0 Å². The van der Waals surface area contributed by atoms with Crippen molar-refractivity contribution in [1.29, 1.82) is 0 Å². The molecule has 154 valence electrons. The smallest absolute Gasteiger partial charge is 0.313 e. The molecule has 0 aliphatic heterocycles. The van der Waals surface area contributed by atoms with Gasteiger partial charge >= 0.3 is 11.8 Å². The molecule has 2 fully saturated rings. The maximum absolute atomic E-state index is 14.8. The summed E-state index contributed by atoms with van der Waals surface area (Å²) in [4.78, 5) is 0. The molecule has 2 aliphatic carbocycles. The lowest BCUT2D eigenvalue weighted by Crippen LogP contribution is -2.52. The maximum Gasteiger partial charge on any atom is 0.313 e. The van der Waals surface area contributed by atoms with Gasteiger partial charge in [-0.1, -0.05) is 19.8 Å². The third-order valence-electron chi connectivity index (χ3n) is 6.92.